The zero-order valence-corrected chi connectivity index (χ0v) is 8.46. The molecule has 12 heavy (non-hydrogen) atoms. The first-order valence-corrected chi connectivity index (χ1v) is 4.67. The first-order valence-electron chi connectivity index (χ1n) is 4.67. The molecule has 0 aromatic carbocycles. The first kappa shape index (κ1) is 9.30. The molecule has 1 rings (SSSR count). The second-order valence-corrected chi connectivity index (χ2v) is 3.60. The molecule has 0 aliphatic rings. The quantitative estimate of drug-likeness (QED) is 0.674. The molecule has 0 bridgehead atoms. The molecule has 0 aliphatic heterocycles. The SMILES string of the molecule is CCCc1nc(C(C)C)cn1C. The summed E-state index contributed by atoms with van der Waals surface area (Å²) in [6.07, 6.45) is 4.39. The van der Waals surface area contributed by atoms with E-state index < -0.39 is 0 Å². The van der Waals surface area contributed by atoms with Crippen molar-refractivity contribution < 1.29 is 0 Å². The van der Waals surface area contributed by atoms with Crippen molar-refractivity contribution in [3.63, 3.8) is 0 Å². The van der Waals surface area contributed by atoms with Gasteiger partial charge in [0.1, 0.15) is 5.82 Å². The lowest BCUT2D eigenvalue weighted by molar-refractivity contribution is 0.756. The lowest BCUT2D eigenvalue weighted by atomic mass is 10.2. The van der Waals surface area contributed by atoms with Crippen LogP contribution in [0.5, 0.6) is 0 Å². The van der Waals surface area contributed by atoms with Gasteiger partial charge in [0, 0.05) is 19.7 Å². The van der Waals surface area contributed by atoms with E-state index >= 15 is 0 Å². The fraction of sp³-hybridized carbons (Fsp3) is 0.700. The van der Waals surface area contributed by atoms with Gasteiger partial charge in [-0.15, -0.1) is 0 Å². The highest BCUT2D eigenvalue weighted by atomic mass is 15.0. The van der Waals surface area contributed by atoms with Gasteiger partial charge in [-0.05, 0) is 12.3 Å². The molecule has 0 amide bonds. The second-order valence-electron chi connectivity index (χ2n) is 3.60. The Balaban J connectivity index is 2.85. The van der Waals surface area contributed by atoms with E-state index in [9.17, 15) is 0 Å². The van der Waals surface area contributed by atoms with Crippen LogP contribution in [0.4, 0.5) is 0 Å². The number of aromatic nitrogens is 2. The molecular formula is C10H18N2. The zero-order chi connectivity index (χ0) is 9.14. The van der Waals surface area contributed by atoms with E-state index in [0.717, 1.165) is 6.42 Å². The molecule has 0 N–H and O–H groups in total. The molecule has 1 aromatic rings. The van der Waals surface area contributed by atoms with Crippen molar-refractivity contribution in [2.45, 2.75) is 39.5 Å². The summed E-state index contributed by atoms with van der Waals surface area (Å²) >= 11 is 0. The number of rotatable bonds is 3. The van der Waals surface area contributed by atoms with E-state index in [1.165, 1.54) is 17.9 Å². The second kappa shape index (κ2) is 3.74. The Morgan fingerprint density at radius 3 is 2.58 bits per heavy atom. The minimum absolute atomic E-state index is 0.543. The molecular weight excluding hydrogens is 148 g/mol. The largest absolute Gasteiger partial charge is 0.338 e. The molecule has 68 valence electrons. The summed E-state index contributed by atoms with van der Waals surface area (Å²) in [5.41, 5.74) is 1.21. The molecule has 0 radical (unpaired) electrons. The van der Waals surface area contributed by atoms with Crippen LogP contribution in [0.3, 0.4) is 0 Å². The lowest BCUT2D eigenvalue weighted by Crippen LogP contribution is -1.95. The van der Waals surface area contributed by atoms with E-state index in [-0.39, 0.29) is 0 Å². The van der Waals surface area contributed by atoms with Crippen LogP contribution in [-0.2, 0) is 13.5 Å². The van der Waals surface area contributed by atoms with Gasteiger partial charge in [0.2, 0.25) is 0 Å². The summed E-state index contributed by atoms with van der Waals surface area (Å²) in [6, 6.07) is 0. The Morgan fingerprint density at radius 2 is 2.17 bits per heavy atom. The zero-order valence-electron chi connectivity index (χ0n) is 8.46. The predicted molar refractivity (Wildman–Crippen MR) is 51.3 cm³/mol. The van der Waals surface area contributed by atoms with Crippen molar-refractivity contribution in [1.29, 1.82) is 0 Å². The summed E-state index contributed by atoms with van der Waals surface area (Å²) in [4.78, 5) is 4.56. The Kier molecular flexibility index (Phi) is 2.90. The first-order chi connectivity index (χ1) is 5.65. The van der Waals surface area contributed by atoms with E-state index in [1.807, 2.05) is 0 Å². The van der Waals surface area contributed by atoms with Crippen molar-refractivity contribution in [2.75, 3.05) is 0 Å². The smallest absolute Gasteiger partial charge is 0.108 e. The summed E-state index contributed by atoms with van der Waals surface area (Å²) in [7, 11) is 2.07. The molecule has 1 heterocycles. The number of hydrogen-bond acceptors (Lipinski definition) is 1. The van der Waals surface area contributed by atoms with E-state index in [0.29, 0.717) is 5.92 Å². The van der Waals surface area contributed by atoms with E-state index in [2.05, 4.69) is 43.6 Å². The lowest BCUT2D eigenvalue weighted by Gasteiger charge is -1.96. The third-order valence-electron chi connectivity index (χ3n) is 2.06. The minimum Gasteiger partial charge on any atom is -0.338 e. The number of aryl methyl sites for hydroxylation is 2. The average Bonchev–Trinajstić information content (AvgIpc) is 2.34. The maximum Gasteiger partial charge on any atom is 0.108 e. The van der Waals surface area contributed by atoms with Gasteiger partial charge >= 0.3 is 0 Å². The van der Waals surface area contributed by atoms with Crippen LogP contribution in [-0.4, -0.2) is 9.55 Å². The summed E-state index contributed by atoms with van der Waals surface area (Å²) in [6.45, 7) is 6.54. The molecule has 2 heteroatoms. The van der Waals surface area contributed by atoms with Crippen molar-refractivity contribution in [1.82, 2.24) is 9.55 Å². The predicted octanol–water partition coefficient (Wildman–Crippen LogP) is 2.50. The minimum atomic E-state index is 0.543. The molecule has 0 saturated heterocycles. The van der Waals surface area contributed by atoms with Gasteiger partial charge in [-0.3, -0.25) is 0 Å². The Morgan fingerprint density at radius 1 is 1.50 bits per heavy atom. The third kappa shape index (κ3) is 1.87. The molecule has 0 fully saturated rings. The summed E-state index contributed by atoms with van der Waals surface area (Å²) in [5.74, 6) is 1.75. The van der Waals surface area contributed by atoms with E-state index in [4.69, 9.17) is 0 Å². The van der Waals surface area contributed by atoms with Gasteiger partial charge < -0.3 is 4.57 Å². The van der Waals surface area contributed by atoms with Gasteiger partial charge in [0.25, 0.3) is 0 Å². The monoisotopic (exact) mass is 166 g/mol. The number of imidazole rings is 1. The topological polar surface area (TPSA) is 17.8 Å². The highest BCUT2D eigenvalue weighted by Gasteiger charge is 2.06. The maximum absolute atomic E-state index is 4.56. The Labute approximate surface area is 74.6 Å². The van der Waals surface area contributed by atoms with Crippen molar-refractivity contribution >= 4 is 0 Å². The number of hydrogen-bond donors (Lipinski definition) is 0. The fourth-order valence-corrected chi connectivity index (χ4v) is 1.26. The molecule has 0 aliphatic carbocycles. The molecule has 0 unspecified atom stereocenters. The van der Waals surface area contributed by atoms with Crippen LogP contribution in [0.2, 0.25) is 0 Å². The van der Waals surface area contributed by atoms with Crippen LogP contribution >= 0.6 is 0 Å². The van der Waals surface area contributed by atoms with E-state index in [1.54, 1.807) is 0 Å². The third-order valence-corrected chi connectivity index (χ3v) is 2.06. The molecule has 0 atom stereocenters. The average molecular weight is 166 g/mol. The van der Waals surface area contributed by atoms with Crippen LogP contribution < -0.4 is 0 Å². The van der Waals surface area contributed by atoms with Crippen LogP contribution in [0.15, 0.2) is 6.20 Å². The summed E-state index contributed by atoms with van der Waals surface area (Å²) in [5, 5.41) is 0. The Hall–Kier alpha value is -0.790. The van der Waals surface area contributed by atoms with Crippen molar-refractivity contribution in [3.05, 3.63) is 17.7 Å². The summed E-state index contributed by atoms with van der Waals surface area (Å²) < 4.78 is 2.14. The van der Waals surface area contributed by atoms with Crippen LogP contribution in [0.1, 0.15) is 44.6 Å². The van der Waals surface area contributed by atoms with Crippen molar-refractivity contribution in [2.24, 2.45) is 7.05 Å². The van der Waals surface area contributed by atoms with Gasteiger partial charge in [0.15, 0.2) is 0 Å². The maximum atomic E-state index is 4.56. The highest BCUT2D eigenvalue weighted by molar-refractivity contribution is 5.07. The Bertz CT molecular complexity index is 248. The molecule has 0 saturated carbocycles. The van der Waals surface area contributed by atoms with Gasteiger partial charge in [-0.25, -0.2) is 4.98 Å². The van der Waals surface area contributed by atoms with Crippen LogP contribution in [0.25, 0.3) is 0 Å². The molecule has 2 nitrogen and oxygen atoms in total. The fourth-order valence-electron chi connectivity index (χ4n) is 1.26. The van der Waals surface area contributed by atoms with Gasteiger partial charge in [0.05, 0.1) is 5.69 Å². The van der Waals surface area contributed by atoms with Crippen molar-refractivity contribution in [3.8, 4) is 0 Å². The highest BCUT2D eigenvalue weighted by Crippen LogP contribution is 2.13. The van der Waals surface area contributed by atoms with Crippen LogP contribution in [0, 0.1) is 0 Å². The normalized spacial score (nSPS) is 11.1. The molecule has 0 spiro atoms. The van der Waals surface area contributed by atoms with Gasteiger partial charge in [-0.2, -0.15) is 0 Å². The number of nitrogens with zero attached hydrogens (tertiary/aromatic N) is 2. The standard InChI is InChI=1S/C10H18N2/c1-5-6-10-11-9(8(2)3)7-12(10)4/h7-8H,5-6H2,1-4H3. The van der Waals surface area contributed by atoms with Gasteiger partial charge in [-0.1, -0.05) is 20.8 Å². The molecule has 1 aromatic heterocycles.